The van der Waals surface area contributed by atoms with Gasteiger partial charge in [0.1, 0.15) is 6.07 Å². The van der Waals surface area contributed by atoms with E-state index in [4.69, 9.17) is 0 Å². The van der Waals surface area contributed by atoms with E-state index in [1.165, 1.54) is 12.1 Å². The Morgan fingerprint density at radius 3 is 1.46 bits per heavy atom. The summed E-state index contributed by atoms with van der Waals surface area (Å²) in [5.41, 5.74) is 12.3. The predicted octanol–water partition coefficient (Wildman–Crippen LogP) is 14.7. The SMILES string of the molecule is Cc1cc(-c2cc(-n3c4ccccc4c4ccc(-c5ccccc5C)cc43)c(C#N)cc2-n2c3ccccc3c3ccc(-c4ccccc4C)cc32)cc(C(F)(F)F)c1. The van der Waals surface area contributed by atoms with Crippen LogP contribution in [0.25, 0.3) is 88.4 Å². The summed E-state index contributed by atoms with van der Waals surface area (Å²) in [7, 11) is 0. The van der Waals surface area contributed by atoms with Crippen molar-refractivity contribution in [2.24, 2.45) is 0 Å². The first-order valence-electron chi connectivity index (χ1n) is 19.6. The van der Waals surface area contributed by atoms with Crippen molar-refractivity contribution in [1.29, 1.82) is 5.26 Å². The lowest BCUT2D eigenvalue weighted by atomic mass is 9.95. The molecule has 284 valence electrons. The normalized spacial score (nSPS) is 11.9. The van der Waals surface area contributed by atoms with Crippen LogP contribution in [0.3, 0.4) is 0 Å². The van der Waals surface area contributed by atoms with Gasteiger partial charge in [-0.05, 0) is 114 Å². The van der Waals surface area contributed by atoms with Gasteiger partial charge in [0, 0.05) is 27.1 Å². The highest BCUT2D eigenvalue weighted by molar-refractivity contribution is 6.12. The molecule has 10 aromatic rings. The van der Waals surface area contributed by atoms with Crippen LogP contribution in [-0.4, -0.2) is 9.13 Å². The maximum absolute atomic E-state index is 14.6. The van der Waals surface area contributed by atoms with Gasteiger partial charge in [0.15, 0.2) is 0 Å². The first-order valence-corrected chi connectivity index (χ1v) is 19.6. The minimum absolute atomic E-state index is 0.386. The maximum atomic E-state index is 14.6. The Bertz CT molecular complexity index is 3370. The van der Waals surface area contributed by atoms with Crippen LogP contribution in [-0.2, 0) is 6.18 Å². The van der Waals surface area contributed by atoms with Crippen molar-refractivity contribution in [3.05, 3.63) is 192 Å². The highest BCUT2D eigenvalue weighted by atomic mass is 19.4. The van der Waals surface area contributed by atoms with Gasteiger partial charge in [-0.1, -0.05) is 115 Å². The van der Waals surface area contributed by atoms with E-state index in [1.807, 2.05) is 72.8 Å². The smallest absolute Gasteiger partial charge is 0.309 e. The molecule has 0 saturated carbocycles. The first kappa shape index (κ1) is 36.0. The largest absolute Gasteiger partial charge is 0.416 e. The third-order valence-electron chi connectivity index (χ3n) is 11.7. The number of aromatic nitrogens is 2. The van der Waals surface area contributed by atoms with Crippen LogP contribution in [0.1, 0.15) is 27.8 Å². The highest BCUT2D eigenvalue weighted by Crippen LogP contribution is 2.43. The molecular weight excluding hydrogens is 736 g/mol. The number of rotatable bonds is 5. The Labute approximate surface area is 339 Å². The molecule has 0 atom stereocenters. The molecule has 2 aromatic heterocycles. The summed E-state index contributed by atoms with van der Waals surface area (Å²) in [6.45, 7) is 5.86. The summed E-state index contributed by atoms with van der Waals surface area (Å²) in [5.74, 6) is 0. The third-order valence-corrected chi connectivity index (χ3v) is 11.7. The molecular formula is C53H36F3N3. The Balaban J connectivity index is 1.34. The van der Waals surface area contributed by atoms with E-state index in [1.54, 1.807) is 13.0 Å². The second-order valence-corrected chi connectivity index (χ2v) is 15.4. The summed E-state index contributed by atoms with van der Waals surface area (Å²) in [5, 5.41) is 15.2. The van der Waals surface area contributed by atoms with Crippen molar-refractivity contribution in [2.45, 2.75) is 26.9 Å². The number of benzene rings is 8. The fourth-order valence-electron chi connectivity index (χ4n) is 8.96. The molecule has 10 rings (SSSR count). The van der Waals surface area contributed by atoms with Gasteiger partial charge in [-0.3, -0.25) is 0 Å². The summed E-state index contributed by atoms with van der Waals surface area (Å²) in [6, 6.07) is 55.9. The molecule has 0 aliphatic heterocycles. The lowest BCUT2D eigenvalue weighted by molar-refractivity contribution is -0.137. The van der Waals surface area contributed by atoms with Crippen molar-refractivity contribution in [3.63, 3.8) is 0 Å². The third kappa shape index (κ3) is 5.89. The Morgan fingerprint density at radius 1 is 0.441 bits per heavy atom. The number of halogens is 3. The molecule has 59 heavy (non-hydrogen) atoms. The van der Waals surface area contributed by atoms with E-state index in [2.05, 4.69) is 102 Å². The molecule has 0 bridgehead atoms. The average Bonchev–Trinajstić information content (AvgIpc) is 3.75. The van der Waals surface area contributed by atoms with Gasteiger partial charge in [0.05, 0.1) is 44.6 Å². The Kier molecular flexibility index (Phi) is 8.33. The molecule has 0 unspecified atom stereocenters. The molecule has 0 saturated heterocycles. The highest BCUT2D eigenvalue weighted by Gasteiger charge is 2.32. The minimum atomic E-state index is -4.57. The fourth-order valence-corrected chi connectivity index (χ4v) is 8.96. The molecule has 6 heteroatoms. The van der Waals surface area contributed by atoms with E-state index >= 15 is 0 Å². The number of nitriles is 1. The fraction of sp³-hybridized carbons (Fsp3) is 0.0755. The molecule has 0 radical (unpaired) electrons. The first-order chi connectivity index (χ1) is 28.6. The molecule has 0 amide bonds. The van der Waals surface area contributed by atoms with Crippen LogP contribution in [0.5, 0.6) is 0 Å². The van der Waals surface area contributed by atoms with E-state index in [9.17, 15) is 18.4 Å². The maximum Gasteiger partial charge on any atom is 0.416 e. The number of nitrogens with zero attached hydrogens (tertiary/aromatic N) is 3. The van der Waals surface area contributed by atoms with Gasteiger partial charge < -0.3 is 9.13 Å². The molecule has 3 nitrogen and oxygen atoms in total. The van der Waals surface area contributed by atoms with E-state index < -0.39 is 11.7 Å². The topological polar surface area (TPSA) is 33.6 Å². The summed E-state index contributed by atoms with van der Waals surface area (Å²) in [6.07, 6.45) is -4.57. The van der Waals surface area contributed by atoms with Crippen molar-refractivity contribution in [3.8, 4) is 50.8 Å². The summed E-state index contributed by atoms with van der Waals surface area (Å²) >= 11 is 0. The standard InChI is InChI=1S/C53H36F3N3/c1-32-24-37(26-39(25-32)53(54,55)56)46-30-49(58-47-18-10-8-16-42(47)44-22-20-35(27-50(44)58)40-14-6-4-12-33(40)2)38(31-57)29-52(46)59-48-19-11-9-17-43(48)45-23-21-36(28-51(45)59)41-15-7-5-13-34(41)3/h4-30H,1-3H3. The molecule has 2 heterocycles. The quantitative estimate of drug-likeness (QED) is 0.172. The Hall–Kier alpha value is -7.36. The second kappa shape index (κ2) is 13.6. The number of hydrogen-bond acceptors (Lipinski definition) is 1. The minimum Gasteiger partial charge on any atom is -0.309 e. The average molecular weight is 772 g/mol. The number of para-hydroxylation sites is 2. The van der Waals surface area contributed by atoms with Crippen molar-refractivity contribution in [2.75, 3.05) is 0 Å². The van der Waals surface area contributed by atoms with Crippen LogP contribution in [0, 0.1) is 32.1 Å². The predicted molar refractivity (Wildman–Crippen MR) is 235 cm³/mol. The van der Waals surface area contributed by atoms with Crippen molar-refractivity contribution < 1.29 is 13.2 Å². The van der Waals surface area contributed by atoms with E-state index in [-0.39, 0.29) is 0 Å². The van der Waals surface area contributed by atoms with Gasteiger partial charge in [0.2, 0.25) is 0 Å². The lowest BCUT2D eigenvalue weighted by Gasteiger charge is -2.20. The molecule has 0 fully saturated rings. The zero-order valence-electron chi connectivity index (χ0n) is 32.6. The van der Waals surface area contributed by atoms with Gasteiger partial charge in [-0.25, -0.2) is 0 Å². The van der Waals surface area contributed by atoms with E-state index in [0.717, 1.165) is 77.0 Å². The Morgan fingerprint density at radius 2 is 0.932 bits per heavy atom. The van der Waals surface area contributed by atoms with Gasteiger partial charge in [-0.15, -0.1) is 0 Å². The number of alkyl halides is 3. The molecule has 8 aromatic carbocycles. The van der Waals surface area contributed by atoms with Gasteiger partial charge in [0.25, 0.3) is 0 Å². The zero-order valence-corrected chi connectivity index (χ0v) is 32.6. The van der Waals surface area contributed by atoms with Crippen molar-refractivity contribution in [1.82, 2.24) is 9.13 Å². The van der Waals surface area contributed by atoms with Gasteiger partial charge in [-0.2, -0.15) is 18.4 Å². The van der Waals surface area contributed by atoms with Crippen LogP contribution >= 0.6 is 0 Å². The zero-order chi connectivity index (χ0) is 40.6. The van der Waals surface area contributed by atoms with Crippen molar-refractivity contribution >= 4 is 43.6 Å². The molecule has 0 aliphatic rings. The number of aryl methyl sites for hydroxylation is 3. The number of fused-ring (bicyclic) bond motifs is 6. The summed E-state index contributed by atoms with van der Waals surface area (Å²) < 4.78 is 48.1. The lowest BCUT2D eigenvalue weighted by Crippen LogP contribution is -2.07. The van der Waals surface area contributed by atoms with Gasteiger partial charge >= 0.3 is 6.18 Å². The van der Waals surface area contributed by atoms with Crippen LogP contribution in [0.4, 0.5) is 13.2 Å². The molecule has 0 aliphatic carbocycles. The van der Waals surface area contributed by atoms with Crippen LogP contribution in [0.15, 0.2) is 164 Å². The van der Waals surface area contributed by atoms with Crippen LogP contribution < -0.4 is 0 Å². The van der Waals surface area contributed by atoms with Crippen LogP contribution in [0.2, 0.25) is 0 Å². The number of hydrogen-bond donors (Lipinski definition) is 0. The second-order valence-electron chi connectivity index (χ2n) is 15.4. The molecule has 0 N–H and O–H groups in total. The summed E-state index contributed by atoms with van der Waals surface area (Å²) in [4.78, 5) is 0. The van der Waals surface area contributed by atoms with E-state index in [0.29, 0.717) is 33.6 Å². The molecule has 0 spiro atoms. The monoisotopic (exact) mass is 771 g/mol.